The Balaban J connectivity index is 1.40. The Hall–Kier alpha value is -3.33. The molecule has 0 aromatic heterocycles. The predicted octanol–water partition coefficient (Wildman–Crippen LogP) is 5.97. The van der Waals surface area contributed by atoms with Gasteiger partial charge in [0.2, 0.25) is 0 Å². The van der Waals surface area contributed by atoms with E-state index in [9.17, 15) is 5.11 Å². The van der Waals surface area contributed by atoms with Gasteiger partial charge in [0, 0.05) is 23.4 Å². The number of aliphatic imine (C=N–C) groups is 1. The van der Waals surface area contributed by atoms with Crippen LogP contribution in [0.3, 0.4) is 0 Å². The second kappa shape index (κ2) is 7.01. The molecular weight excluding hydrogens is 344 g/mol. The molecule has 138 valence electrons. The maximum atomic E-state index is 9.86. The summed E-state index contributed by atoms with van der Waals surface area (Å²) < 4.78 is 0. The molecule has 3 atom stereocenters. The first-order valence-electron chi connectivity index (χ1n) is 9.74. The van der Waals surface area contributed by atoms with Crippen LogP contribution >= 0.6 is 0 Å². The van der Waals surface area contributed by atoms with Crippen LogP contribution in [0.1, 0.15) is 35.1 Å². The van der Waals surface area contributed by atoms with Crippen molar-refractivity contribution in [2.45, 2.75) is 18.4 Å². The average Bonchev–Trinajstić information content (AvgIpc) is 3.23. The molecule has 0 unspecified atom stereocenters. The average molecular weight is 366 g/mol. The predicted molar refractivity (Wildman–Crippen MR) is 115 cm³/mol. The zero-order valence-corrected chi connectivity index (χ0v) is 15.5. The first-order valence-corrected chi connectivity index (χ1v) is 9.74. The highest BCUT2D eigenvalue weighted by atomic mass is 16.3. The van der Waals surface area contributed by atoms with Crippen LogP contribution in [-0.4, -0.2) is 11.3 Å². The number of phenols is 1. The molecule has 3 heteroatoms. The quantitative estimate of drug-likeness (QED) is 0.443. The Morgan fingerprint density at radius 1 is 0.929 bits per heavy atom. The van der Waals surface area contributed by atoms with Gasteiger partial charge in [-0.1, -0.05) is 54.6 Å². The van der Waals surface area contributed by atoms with Crippen LogP contribution in [0.4, 0.5) is 11.4 Å². The molecule has 2 aliphatic rings. The summed E-state index contributed by atoms with van der Waals surface area (Å²) in [6.45, 7) is 0. The van der Waals surface area contributed by atoms with E-state index < -0.39 is 0 Å². The molecule has 0 radical (unpaired) electrons. The first-order chi connectivity index (χ1) is 13.8. The molecule has 1 aliphatic carbocycles. The van der Waals surface area contributed by atoms with Crippen molar-refractivity contribution in [3.8, 4) is 5.75 Å². The lowest BCUT2D eigenvalue weighted by molar-refractivity contribution is 0.425. The van der Waals surface area contributed by atoms with Crippen molar-refractivity contribution in [3.05, 3.63) is 102 Å². The van der Waals surface area contributed by atoms with Crippen molar-refractivity contribution in [2.75, 3.05) is 5.32 Å². The minimum Gasteiger partial charge on any atom is -0.507 e. The summed E-state index contributed by atoms with van der Waals surface area (Å²) in [7, 11) is 0. The minimum absolute atomic E-state index is 0.243. The van der Waals surface area contributed by atoms with E-state index in [0.29, 0.717) is 17.9 Å². The molecule has 5 rings (SSSR count). The van der Waals surface area contributed by atoms with Gasteiger partial charge in [0.15, 0.2) is 0 Å². The van der Waals surface area contributed by atoms with Crippen molar-refractivity contribution >= 4 is 17.6 Å². The summed E-state index contributed by atoms with van der Waals surface area (Å²) in [6, 6.07) is 24.6. The fourth-order valence-corrected chi connectivity index (χ4v) is 4.38. The zero-order chi connectivity index (χ0) is 18.9. The fraction of sp³-hybridized carbons (Fsp3) is 0.160. The number of anilines is 1. The number of phenolic OH excluding ortho intramolecular Hbond substituents is 1. The van der Waals surface area contributed by atoms with Gasteiger partial charge >= 0.3 is 0 Å². The number of nitrogens with one attached hydrogen (secondary N) is 1. The summed E-state index contributed by atoms with van der Waals surface area (Å²) in [5.41, 5.74) is 5.53. The molecule has 1 heterocycles. The molecule has 2 N–H and O–H groups in total. The summed E-state index contributed by atoms with van der Waals surface area (Å²) in [5.74, 6) is 1.28. The van der Waals surface area contributed by atoms with Crippen LogP contribution in [0, 0.1) is 5.92 Å². The van der Waals surface area contributed by atoms with Gasteiger partial charge in [-0.3, -0.25) is 4.99 Å². The Morgan fingerprint density at radius 3 is 2.57 bits per heavy atom. The van der Waals surface area contributed by atoms with E-state index in [-0.39, 0.29) is 5.75 Å². The van der Waals surface area contributed by atoms with Gasteiger partial charge in [0.1, 0.15) is 5.75 Å². The van der Waals surface area contributed by atoms with Gasteiger partial charge < -0.3 is 10.4 Å². The maximum Gasteiger partial charge on any atom is 0.124 e. The van der Waals surface area contributed by atoms with Crippen LogP contribution in [0.2, 0.25) is 0 Å². The largest absolute Gasteiger partial charge is 0.507 e. The van der Waals surface area contributed by atoms with Crippen molar-refractivity contribution in [1.29, 1.82) is 0 Å². The lowest BCUT2D eigenvalue weighted by Crippen LogP contribution is -2.28. The Kier molecular flexibility index (Phi) is 4.21. The Bertz CT molecular complexity index is 1050. The number of aromatic hydroxyl groups is 1. The third kappa shape index (κ3) is 2.99. The first kappa shape index (κ1) is 16.8. The molecule has 28 heavy (non-hydrogen) atoms. The molecule has 3 aromatic rings. The molecule has 0 saturated heterocycles. The topological polar surface area (TPSA) is 44.6 Å². The van der Waals surface area contributed by atoms with Crippen LogP contribution in [0.25, 0.3) is 0 Å². The Labute approximate surface area is 165 Å². The number of hydrogen-bond acceptors (Lipinski definition) is 3. The van der Waals surface area contributed by atoms with E-state index in [4.69, 9.17) is 0 Å². The molecule has 0 spiro atoms. The third-order valence-corrected chi connectivity index (χ3v) is 5.81. The monoisotopic (exact) mass is 366 g/mol. The van der Waals surface area contributed by atoms with Gasteiger partial charge in [-0.05, 0) is 53.8 Å². The lowest BCUT2D eigenvalue weighted by atomic mass is 9.77. The number of nitrogens with zero attached hydrogens (tertiary/aromatic N) is 1. The summed E-state index contributed by atoms with van der Waals surface area (Å²) in [6.07, 6.45) is 7.49. The smallest absolute Gasteiger partial charge is 0.124 e. The normalized spacial score (nSPS) is 22.6. The van der Waals surface area contributed by atoms with E-state index in [1.54, 1.807) is 12.3 Å². The molecule has 3 nitrogen and oxygen atoms in total. The Morgan fingerprint density at radius 2 is 1.71 bits per heavy atom. The molecular formula is C25H22N2O. The highest BCUT2D eigenvalue weighted by molar-refractivity contribution is 5.85. The van der Waals surface area contributed by atoms with Crippen molar-refractivity contribution in [3.63, 3.8) is 0 Å². The molecule has 1 aliphatic heterocycles. The summed E-state index contributed by atoms with van der Waals surface area (Å²) in [5, 5.41) is 13.6. The van der Waals surface area contributed by atoms with Crippen molar-refractivity contribution in [1.82, 2.24) is 0 Å². The number of benzene rings is 3. The third-order valence-electron chi connectivity index (χ3n) is 5.81. The lowest BCUT2D eigenvalue weighted by Gasteiger charge is -2.37. The number of hydrogen-bond donors (Lipinski definition) is 2. The second-order valence-electron chi connectivity index (χ2n) is 7.47. The van der Waals surface area contributed by atoms with E-state index in [0.717, 1.165) is 17.7 Å². The molecule has 0 bridgehead atoms. The van der Waals surface area contributed by atoms with E-state index >= 15 is 0 Å². The van der Waals surface area contributed by atoms with E-state index in [2.05, 4.69) is 58.9 Å². The molecule has 0 saturated carbocycles. The van der Waals surface area contributed by atoms with Gasteiger partial charge in [0.25, 0.3) is 0 Å². The number of fused-ring (bicyclic) bond motifs is 3. The van der Waals surface area contributed by atoms with Gasteiger partial charge in [-0.15, -0.1) is 0 Å². The van der Waals surface area contributed by atoms with Gasteiger partial charge in [-0.2, -0.15) is 0 Å². The van der Waals surface area contributed by atoms with Gasteiger partial charge in [0.05, 0.1) is 11.7 Å². The fourth-order valence-electron chi connectivity index (χ4n) is 4.38. The molecule has 0 fully saturated rings. The zero-order valence-electron chi connectivity index (χ0n) is 15.5. The number of allylic oxidation sites excluding steroid dienone is 2. The second-order valence-corrected chi connectivity index (χ2v) is 7.47. The van der Waals surface area contributed by atoms with Crippen molar-refractivity contribution < 1.29 is 5.11 Å². The van der Waals surface area contributed by atoms with Crippen molar-refractivity contribution in [2.24, 2.45) is 10.9 Å². The highest BCUT2D eigenvalue weighted by Gasteiger charge is 2.37. The summed E-state index contributed by atoms with van der Waals surface area (Å²) in [4.78, 5) is 4.51. The van der Waals surface area contributed by atoms with E-state index in [1.165, 1.54) is 16.8 Å². The molecule has 3 aromatic carbocycles. The van der Waals surface area contributed by atoms with Crippen LogP contribution in [0.5, 0.6) is 5.75 Å². The minimum atomic E-state index is 0.243. The van der Waals surface area contributed by atoms with Gasteiger partial charge in [-0.25, -0.2) is 0 Å². The SMILES string of the molecule is Oc1ccccc1C=Nc1ccc([C@H]2Nc3ccccc3[C@H]3C=CC[C@@H]32)cc1. The molecule has 0 amide bonds. The van der Waals surface area contributed by atoms with Crippen LogP contribution in [-0.2, 0) is 0 Å². The number of rotatable bonds is 3. The highest BCUT2D eigenvalue weighted by Crippen LogP contribution is 2.49. The summed E-state index contributed by atoms with van der Waals surface area (Å²) >= 11 is 0. The van der Waals surface area contributed by atoms with Crippen LogP contribution in [0.15, 0.2) is 89.9 Å². The maximum absolute atomic E-state index is 9.86. The number of para-hydroxylation sites is 2. The van der Waals surface area contributed by atoms with Crippen LogP contribution < -0.4 is 5.32 Å². The van der Waals surface area contributed by atoms with E-state index in [1.807, 2.05) is 30.3 Å². The standard InChI is InChI=1S/C25H22N2O/c28-24-11-4-1-6-18(24)16-26-19-14-12-17(13-15-19)25-22-9-5-8-20(22)21-7-2-3-10-23(21)27-25/h1-8,10-16,20,22,25,27-28H,9H2/t20-,22+,25-/m1/s1.